The van der Waals surface area contributed by atoms with Gasteiger partial charge in [0, 0.05) is 5.56 Å². The zero-order chi connectivity index (χ0) is 14.0. The van der Waals surface area contributed by atoms with Gasteiger partial charge in [0.25, 0.3) is 0 Å². The highest BCUT2D eigenvalue weighted by Gasteiger charge is 2.21. The lowest BCUT2D eigenvalue weighted by molar-refractivity contribution is 0.517. The molecule has 1 unspecified atom stereocenters. The Morgan fingerprint density at radius 3 is 2.42 bits per heavy atom. The van der Waals surface area contributed by atoms with Crippen molar-refractivity contribution >= 4 is 0 Å². The van der Waals surface area contributed by atoms with Gasteiger partial charge in [-0.2, -0.15) is 0 Å². The van der Waals surface area contributed by atoms with Crippen molar-refractivity contribution in [1.82, 2.24) is 5.32 Å². The minimum Gasteiger partial charge on any atom is -0.309 e. The lowest BCUT2D eigenvalue weighted by atomic mass is 9.95. The molecule has 0 heterocycles. The largest absolute Gasteiger partial charge is 0.309 e. The van der Waals surface area contributed by atoms with Gasteiger partial charge in [-0.15, -0.1) is 0 Å². The summed E-state index contributed by atoms with van der Waals surface area (Å²) in [6, 6.07) is 9.93. The van der Waals surface area contributed by atoms with E-state index in [1.54, 1.807) is 14.0 Å². The Morgan fingerprint density at radius 1 is 1.05 bits per heavy atom. The maximum Gasteiger partial charge on any atom is 0.134 e. The minimum absolute atomic E-state index is 0.0769. The summed E-state index contributed by atoms with van der Waals surface area (Å²) in [4.78, 5) is 0. The van der Waals surface area contributed by atoms with Crippen molar-refractivity contribution in [3.05, 3.63) is 70.3 Å². The van der Waals surface area contributed by atoms with E-state index in [4.69, 9.17) is 0 Å². The molecule has 0 fully saturated rings. The van der Waals surface area contributed by atoms with Crippen molar-refractivity contribution in [2.45, 2.75) is 19.9 Å². The standard InChI is InChI=1S/C16H17F2N/c1-10-5-4-6-12(9-10)16(19-3)14-13(17)8-7-11(2)15(14)18/h4-9,16,19H,1-3H3. The van der Waals surface area contributed by atoms with Gasteiger partial charge in [0.2, 0.25) is 0 Å². The van der Waals surface area contributed by atoms with Gasteiger partial charge in [-0.3, -0.25) is 0 Å². The summed E-state index contributed by atoms with van der Waals surface area (Å²) in [6.45, 7) is 3.60. The molecule has 3 heteroatoms. The maximum atomic E-state index is 14.2. The first-order valence-corrected chi connectivity index (χ1v) is 6.23. The summed E-state index contributed by atoms with van der Waals surface area (Å²) in [5.74, 6) is -1.01. The molecule has 0 radical (unpaired) electrons. The predicted octanol–water partition coefficient (Wildman–Crippen LogP) is 3.89. The molecule has 1 N–H and O–H groups in total. The number of benzene rings is 2. The molecule has 0 aromatic heterocycles. The van der Waals surface area contributed by atoms with Crippen molar-refractivity contribution in [2.24, 2.45) is 0 Å². The Morgan fingerprint density at radius 2 is 1.79 bits per heavy atom. The molecule has 2 aromatic carbocycles. The molecule has 0 aliphatic carbocycles. The van der Waals surface area contributed by atoms with Crippen LogP contribution in [0.1, 0.15) is 28.3 Å². The Hall–Kier alpha value is -1.74. The van der Waals surface area contributed by atoms with E-state index < -0.39 is 17.7 Å². The second-order valence-electron chi connectivity index (χ2n) is 4.73. The average Bonchev–Trinajstić information content (AvgIpc) is 2.39. The van der Waals surface area contributed by atoms with Crippen molar-refractivity contribution in [3.8, 4) is 0 Å². The average molecular weight is 261 g/mol. The molecule has 19 heavy (non-hydrogen) atoms. The highest BCUT2D eigenvalue weighted by atomic mass is 19.1. The van der Waals surface area contributed by atoms with Crippen LogP contribution in [0.25, 0.3) is 0 Å². The van der Waals surface area contributed by atoms with Crippen LogP contribution in [0.15, 0.2) is 36.4 Å². The second kappa shape index (κ2) is 5.49. The van der Waals surface area contributed by atoms with Crippen LogP contribution in [0.4, 0.5) is 8.78 Å². The first-order chi connectivity index (χ1) is 9.04. The lowest BCUT2D eigenvalue weighted by Crippen LogP contribution is -2.21. The zero-order valence-electron chi connectivity index (χ0n) is 11.3. The van der Waals surface area contributed by atoms with Crippen molar-refractivity contribution < 1.29 is 8.78 Å². The summed E-state index contributed by atoms with van der Waals surface area (Å²) in [5.41, 5.74) is 2.44. The van der Waals surface area contributed by atoms with Gasteiger partial charge in [0.15, 0.2) is 0 Å². The Bertz CT molecular complexity index is 593. The van der Waals surface area contributed by atoms with Crippen molar-refractivity contribution in [1.29, 1.82) is 0 Å². The van der Waals surface area contributed by atoms with Gasteiger partial charge in [-0.1, -0.05) is 35.9 Å². The molecule has 1 nitrogen and oxygen atoms in total. The highest BCUT2D eigenvalue weighted by Crippen LogP contribution is 2.28. The fourth-order valence-electron chi connectivity index (χ4n) is 2.27. The molecule has 2 aromatic rings. The Balaban J connectivity index is 2.57. The summed E-state index contributed by atoms with van der Waals surface area (Å²) in [7, 11) is 1.70. The molecular weight excluding hydrogens is 244 g/mol. The first-order valence-electron chi connectivity index (χ1n) is 6.23. The van der Waals surface area contributed by atoms with Crippen LogP contribution in [0.5, 0.6) is 0 Å². The number of halogens is 2. The van der Waals surface area contributed by atoms with Crippen LogP contribution in [-0.4, -0.2) is 7.05 Å². The fourth-order valence-corrected chi connectivity index (χ4v) is 2.27. The molecule has 100 valence electrons. The third-order valence-electron chi connectivity index (χ3n) is 3.27. The summed E-state index contributed by atoms with van der Waals surface area (Å²) in [6.07, 6.45) is 0. The van der Waals surface area contributed by atoms with Gasteiger partial charge in [0.1, 0.15) is 11.6 Å². The minimum atomic E-state index is -0.524. The van der Waals surface area contributed by atoms with E-state index >= 15 is 0 Å². The number of aryl methyl sites for hydroxylation is 2. The third-order valence-corrected chi connectivity index (χ3v) is 3.27. The maximum absolute atomic E-state index is 14.2. The van der Waals surface area contributed by atoms with Gasteiger partial charge in [-0.25, -0.2) is 8.78 Å². The molecule has 2 rings (SSSR count). The second-order valence-corrected chi connectivity index (χ2v) is 4.73. The van der Waals surface area contributed by atoms with E-state index in [2.05, 4.69) is 5.32 Å². The topological polar surface area (TPSA) is 12.0 Å². The molecular formula is C16H17F2N. The molecule has 0 saturated carbocycles. The van der Waals surface area contributed by atoms with Gasteiger partial charge in [-0.05, 0) is 38.1 Å². The Kier molecular flexibility index (Phi) is 3.96. The summed E-state index contributed by atoms with van der Waals surface area (Å²) < 4.78 is 28.2. The van der Waals surface area contributed by atoms with Crippen LogP contribution >= 0.6 is 0 Å². The highest BCUT2D eigenvalue weighted by molar-refractivity contribution is 5.37. The predicted molar refractivity (Wildman–Crippen MR) is 73.2 cm³/mol. The normalized spacial score (nSPS) is 12.5. The Labute approximate surface area is 112 Å². The molecule has 0 bridgehead atoms. The SMILES string of the molecule is CNC(c1cccc(C)c1)c1c(F)ccc(C)c1F. The van der Waals surface area contributed by atoms with Gasteiger partial charge >= 0.3 is 0 Å². The fraction of sp³-hybridized carbons (Fsp3) is 0.250. The molecule has 0 aliphatic rings. The van der Waals surface area contributed by atoms with Gasteiger partial charge < -0.3 is 5.32 Å². The van der Waals surface area contributed by atoms with E-state index in [0.717, 1.165) is 11.1 Å². The van der Waals surface area contributed by atoms with E-state index in [0.29, 0.717) is 5.56 Å². The molecule has 0 amide bonds. The first kappa shape index (κ1) is 13.7. The molecule has 0 spiro atoms. The van der Waals surface area contributed by atoms with Crippen LogP contribution < -0.4 is 5.32 Å². The van der Waals surface area contributed by atoms with E-state index in [1.807, 2.05) is 31.2 Å². The summed E-state index contributed by atoms with van der Waals surface area (Å²) in [5, 5.41) is 2.99. The molecule has 0 aliphatic heterocycles. The molecule has 1 atom stereocenters. The number of hydrogen-bond acceptors (Lipinski definition) is 1. The number of nitrogens with one attached hydrogen (secondary N) is 1. The van der Waals surface area contributed by atoms with Crippen LogP contribution in [0.2, 0.25) is 0 Å². The summed E-state index contributed by atoms with van der Waals surface area (Å²) >= 11 is 0. The van der Waals surface area contributed by atoms with Crippen molar-refractivity contribution in [2.75, 3.05) is 7.05 Å². The lowest BCUT2D eigenvalue weighted by Gasteiger charge is -2.20. The molecule has 0 saturated heterocycles. The van der Waals surface area contributed by atoms with E-state index in [9.17, 15) is 8.78 Å². The van der Waals surface area contributed by atoms with E-state index in [1.165, 1.54) is 12.1 Å². The number of rotatable bonds is 3. The quantitative estimate of drug-likeness (QED) is 0.883. The van der Waals surface area contributed by atoms with Crippen molar-refractivity contribution in [3.63, 3.8) is 0 Å². The zero-order valence-corrected chi connectivity index (χ0v) is 11.3. The number of hydrogen-bond donors (Lipinski definition) is 1. The van der Waals surface area contributed by atoms with Gasteiger partial charge in [0.05, 0.1) is 6.04 Å². The third kappa shape index (κ3) is 2.66. The smallest absolute Gasteiger partial charge is 0.134 e. The monoisotopic (exact) mass is 261 g/mol. The van der Waals surface area contributed by atoms with Crippen LogP contribution in [0.3, 0.4) is 0 Å². The van der Waals surface area contributed by atoms with E-state index in [-0.39, 0.29) is 5.56 Å². The van der Waals surface area contributed by atoms with Crippen LogP contribution in [-0.2, 0) is 0 Å². The van der Waals surface area contributed by atoms with Crippen LogP contribution in [0, 0.1) is 25.5 Å².